The Morgan fingerprint density at radius 3 is 2.61 bits per heavy atom. The first-order valence-corrected chi connectivity index (χ1v) is 9.98. The number of rotatable bonds is 7. The summed E-state index contributed by atoms with van der Waals surface area (Å²) in [6.07, 6.45) is 1.59. The van der Waals surface area contributed by atoms with Gasteiger partial charge >= 0.3 is 5.97 Å². The van der Waals surface area contributed by atoms with Crippen LogP contribution in [-0.4, -0.2) is 32.7 Å². The Balaban J connectivity index is 1.63. The van der Waals surface area contributed by atoms with E-state index in [1.165, 1.54) is 16.7 Å². The fraction of sp³-hybridized carbons (Fsp3) is 0.150. The fourth-order valence-corrected chi connectivity index (χ4v) is 3.99. The molecular weight excluding hydrogens is 418 g/mol. The molecule has 2 aromatic rings. The Morgan fingerprint density at radius 2 is 1.93 bits per heavy atom. The predicted molar refractivity (Wildman–Crippen MR) is 114 cm³/mol. The number of carboxylic acids is 1. The highest BCUT2D eigenvalue weighted by Gasteiger charge is 2.31. The van der Waals surface area contributed by atoms with Crippen LogP contribution in [0.25, 0.3) is 6.08 Å². The van der Waals surface area contributed by atoms with Crippen LogP contribution >= 0.6 is 35.6 Å². The molecule has 0 spiro atoms. The lowest BCUT2D eigenvalue weighted by molar-refractivity contribution is -0.137. The largest absolute Gasteiger partial charge is 0.489 e. The second-order valence-electron chi connectivity index (χ2n) is 5.93. The monoisotopic (exact) mass is 433 g/mol. The number of carbonyl (C=O) groups excluding carboxylic acids is 1. The van der Waals surface area contributed by atoms with Gasteiger partial charge in [0.15, 0.2) is 0 Å². The summed E-state index contributed by atoms with van der Waals surface area (Å²) in [4.78, 5) is 24.9. The van der Waals surface area contributed by atoms with Crippen molar-refractivity contribution in [1.82, 2.24) is 4.90 Å². The number of ether oxygens (including phenoxy) is 1. The van der Waals surface area contributed by atoms with Crippen molar-refractivity contribution in [3.05, 3.63) is 69.6 Å². The van der Waals surface area contributed by atoms with Crippen molar-refractivity contribution in [2.24, 2.45) is 0 Å². The first-order valence-electron chi connectivity index (χ1n) is 8.37. The van der Waals surface area contributed by atoms with E-state index in [1.54, 1.807) is 6.08 Å². The molecule has 3 rings (SSSR count). The van der Waals surface area contributed by atoms with Crippen LogP contribution in [0.1, 0.15) is 17.5 Å². The second-order valence-corrected chi connectivity index (χ2v) is 8.01. The maximum Gasteiger partial charge on any atom is 0.305 e. The predicted octanol–water partition coefficient (Wildman–Crippen LogP) is 4.59. The topological polar surface area (TPSA) is 66.8 Å². The third-order valence-corrected chi connectivity index (χ3v) is 5.70. The van der Waals surface area contributed by atoms with E-state index in [0.29, 0.717) is 26.6 Å². The summed E-state index contributed by atoms with van der Waals surface area (Å²) in [5.41, 5.74) is 1.72. The van der Waals surface area contributed by atoms with Gasteiger partial charge in [0.05, 0.1) is 11.3 Å². The summed E-state index contributed by atoms with van der Waals surface area (Å²) in [6, 6.07) is 14.8. The van der Waals surface area contributed by atoms with E-state index in [4.69, 9.17) is 33.7 Å². The van der Waals surface area contributed by atoms with E-state index in [0.717, 1.165) is 11.1 Å². The zero-order valence-corrected chi connectivity index (χ0v) is 17.0. The van der Waals surface area contributed by atoms with Gasteiger partial charge in [0.25, 0.3) is 5.91 Å². The maximum atomic E-state index is 12.4. The Labute approximate surface area is 176 Å². The number of benzene rings is 2. The summed E-state index contributed by atoms with van der Waals surface area (Å²) in [7, 11) is 0. The van der Waals surface area contributed by atoms with Gasteiger partial charge in [-0.05, 0) is 29.8 Å². The molecular formula is C20H16ClNO4S2. The molecule has 0 radical (unpaired) electrons. The summed E-state index contributed by atoms with van der Waals surface area (Å²) >= 11 is 12.5. The quantitative estimate of drug-likeness (QED) is 0.508. The summed E-state index contributed by atoms with van der Waals surface area (Å²) in [5, 5.41) is 9.44. The molecule has 1 heterocycles. The Bertz CT molecular complexity index is 943. The van der Waals surface area contributed by atoms with Gasteiger partial charge in [0.2, 0.25) is 0 Å². The van der Waals surface area contributed by atoms with Gasteiger partial charge < -0.3 is 9.84 Å². The normalized spacial score (nSPS) is 15.3. The van der Waals surface area contributed by atoms with Crippen LogP contribution in [0.2, 0.25) is 5.02 Å². The van der Waals surface area contributed by atoms with Crippen LogP contribution in [-0.2, 0) is 16.2 Å². The highest BCUT2D eigenvalue weighted by atomic mass is 35.5. The number of thiocarbonyl (C=S) groups is 1. The molecule has 5 nitrogen and oxygen atoms in total. The Hall–Kier alpha value is -2.35. The molecule has 2 aromatic carbocycles. The van der Waals surface area contributed by atoms with Crippen molar-refractivity contribution < 1.29 is 19.4 Å². The number of hydrogen-bond donors (Lipinski definition) is 1. The molecule has 0 aliphatic carbocycles. The molecule has 1 aliphatic heterocycles. The van der Waals surface area contributed by atoms with Crippen molar-refractivity contribution >= 4 is 57.9 Å². The number of aliphatic carboxylic acids is 1. The third-order valence-electron chi connectivity index (χ3n) is 3.95. The molecule has 0 bridgehead atoms. The van der Waals surface area contributed by atoms with E-state index in [1.807, 2.05) is 48.5 Å². The zero-order chi connectivity index (χ0) is 20.1. The summed E-state index contributed by atoms with van der Waals surface area (Å²) < 4.78 is 6.12. The highest BCUT2D eigenvalue weighted by Crippen LogP contribution is 2.32. The molecule has 28 heavy (non-hydrogen) atoms. The second kappa shape index (κ2) is 9.23. The van der Waals surface area contributed by atoms with Crippen LogP contribution in [0.5, 0.6) is 5.75 Å². The molecule has 144 valence electrons. The molecule has 8 heteroatoms. The first kappa shape index (κ1) is 20.4. The van der Waals surface area contributed by atoms with Gasteiger partial charge in [-0.25, -0.2) is 0 Å². The summed E-state index contributed by atoms with van der Waals surface area (Å²) in [5.74, 6) is -0.549. The van der Waals surface area contributed by atoms with Crippen LogP contribution in [0, 0.1) is 0 Å². The highest BCUT2D eigenvalue weighted by molar-refractivity contribution is 8.26. The minimum Gasteiger partial charge on any atom is -0.489 e. The number of hydrogen-bond acceptors (Lipinski definition) is 5. The van der Waals surface area contributed by atoms with E-state index in [-0.39, 0.29) is 18.9 Å². The van der Waals surface area contributed by atoms with Crippen molar-refractivity contribution in [3.8, 4) is 5.75 Å². The number of amides is 1. The van der Waals surface area contributed by atoms with E-state index in [2.05, 4.69) is 0 Å². The third kappa shape index (κ3) is 5.13. The fourth-order valence-electron chi connectivity index (χ4n) is 2.49. The maximum absolute atomic E-state index is 12.4. The average molecular weight is 434 g/mol. The smallest absolute Gasteiger partial charge is 0.305 e. The number of halogens is 1. The minimum atomic E-state index is -0.967. The van der Waals surface area contributed by atoms with E-state index in [9.17, 15) is 9.59 Å². The van der Waals surface area contributed by atoms with Crippen LogP contribution < -0.4 is 4.74 Å². The van der Waals surface area contributed by atoms with Gasteiger partial charge in [-0.3, -0.25) is 14.5 Å². The standard InChI is InChI=1S/C20H16ClNO4S2/c21-16-4-2-1-3-14(16)12-26-15-7-5-13(6-8-15)11-17-19(25)22(20(27)28-17)10-9-18(23)24/h1-8,11H,9-10,12H2,(H,23,24). The van der Waals surface area contributed by atoms with E-state index < -0.39 is 5.97 Å². The number of carboxylic acid groups (broad SMARTS) is 1. The van der Waals surface area contributed by atoms with Crippen molar-refractivity contribution in [3.63, 3.8) is 0 Å². The lowest BCUT2D eigenvalue weighted by atomic mass is 10.2. The van der Waals surface area contributed by atoms with Crippen LogP contribution in [0.4, 0.5) is 0 Å². The molecule has 1 N–H and O–H groups in total. The zero-order valence-electron chi connectivity index (χ0n) is 14.6. The molecule has 1 saturated heterocycles. The molecule has 0 saturated carbocycles. The molecule has 0 atom stereocenters. The number of nitrogens with zero attached hydrogens (tertiary/aromatic N) is 1. The molecule has 1 aliphatic rings. The number of thioether (sulfide) groups is 1. The number of carbonyl (C=O) groups is 2. The lowest BCUT2D eigenvalue weighted by Gasteiger charge is -2.12. The summed E-state index contributed by atoms with van der Waals surface area (Å²) in [6.45, 7) is 0.438. The Kier molecular flexibility index (Phi) is 6.72. The Morgan fingerprint density at radius 1 is 1.21 bits per heavy atom. The van der Waals surface area contributed by atoms with Crippen molar-refractivity contribution in [2.75, 3.05) is 6.54 Å². The van der Waals surface area contributed by atoms with Crippen molar-refractivity contribution in [2.45, 2.75) is 13.0 Å². The van der Waals surface area contributed by atoms with Crippen molar-refractivity contribution in [1.29, 1.82) is 0 Å². The van der Waals surface area contributed by atoms with Gasteiger partial charge in [-0.1, -0.05) is 65.9 Å². The average Bonchev–Trinajstić information content (AvgIpc) is 2.93. The molecule has 0 aromatic heterocycles. The SMILES string of the molecule is O=C(O)CCN1C(=O)C(=Cc2ccc(OCc3ccccc3Cl)cc2)SC1=S. The molecule has 0 unspecified atom stereocenters. The van der Waals surface area contributed by atoms with Gasteiger partial charge in [0.1, 0.15) is 16.7 Å². The molecule has 1 fully saturated rings. The van der Waals surface area contributed by atoms with Gasteiger partial charge in [-0.2, -0.15) is 0 Å². The van der Waals surface area contributed by atoms with Crippen LogP contribution in [0.15, 0.2) is 53.4 Å². The minimum absolute atomic E-state index is 0.0756. The molecule has 1 amide bonds. The lowest BCUT2D eigenvalue weighted by Crippen LogP contribution is -2.30. The first-order chi connectivity index (χ1) is 13.4. The van der Waals surface area contributed by atoms with Gasteiger partial charge in [0, 0.05) is 17.1 Å². The van der Waals surface area contributed by atoms with Gasteiger partial charge in [-0.15, -0.1) is 0 Å². The van der Waals surface area contributed by atoms with E-state index >= 15 is 0 Å². The van der Waals surface area contributed by atoms with Crippen LogP contribution in [0.3, 0.4) is 0 Å².